The minimum atomic E-state index is -2.53. The maximum atomic E-state index is 11.7. The zero-order valence-corrected chi connectivity index (χ0v) is 6.96. The van der Waals surface area contributed by atoms with Crippen LogP contribution in [0.15, 0.2) is 0 Å². The lowest BCUT2D eigenvalue weighted by atomic mass is 10.2. The van der Waals surface area contributed by atoms with Gasteiger partial charge in [0, 0.05) is 6.54 Å². The van der Waals surface area contributed by atoms with Gasteiger partial charge in [0.05, 0.1) is 18.7 Å². The first-order chi connectivity index (χ1) is 6.09. The smallest absolute Gasteiger partial charge is 0.255 e. The van der Waals surface area contributed by atoms with E-state index in [1.807, 2.05) is 0 Å². The number of amides is 1. The van der Waals surface area contributed by atoms with Gasteiger partial charge in [-0.2, -0.15) is 0 Å². The number of hydrogen-bond donors (Lipinski definition) is 3. The normalized spacial score (nSPS) is 28.0. The van der Waals surface area contributed by atoms with Crippen molar-refractivity contribution in [1.82, 2.24) is 10.6 Å². The fraction of sp³-hybridized carbons (Fsp3) is 0.857. The summed E-state index contributed by atoms with van der Waals surface area (Å²) in [5.41, 5.74) is 0. The van der Waals surface area contributed by atoms with Gasteiger partial charge in [0.1, 0.15) is 0 Å². The van der Waals surface area contributed by atoms with Crippen LogP contribution >= 0.6 is 0 Å². The van der Waals surface area contributed by atoms with Crippen LogP contribution in [-0.4, -0.2) is 42.7 Å². The van der Waals surface area contributed by atoms with E-state index in [1.165, 1.54) is 0 Å². The number of β-amino-alcohol motifs (C(OH)–C–C–N with tert-alkyl or cyclic N) is 1. The van der Waals surface area contributed by atoms with Crippen molar-refractivity contribution in [2.75, 3.05) is 13.1 Å². The molecular formula is C7H12F2N2O2. The molecule has 1 rings (SSSR count). The second-order valence-corrected chi connectivity index (χ2v) is 2.99. The first-order valence-corrected chi connectivity index (χ1v) is 4.07. The quantitative estimate of drug-likeness (QED) is 0.545. The molecule has 76 valence electrons. The Hall–Kier alpha value is -0.750. The minimum absolute atomic E-state index is 0.287. The summed E-state index contributed by atoms with van der Waals surface area (Å²) in [5, 5.41) is 13.8. The minimum Gasteiger partial charge on any atom is -0.392 e. The second-order valence-electron chi connectivity index (χ2n) is 2.99. The third-order valence-corrected chi connectivity index (χ3v) is 1.85. The van der Waals surface area contributed by atoms with Gasteiger partial charge in [-0.3, -0.25) is 4.79 Å². The molecule has 1 saturated heterocycles. The highest BCUT2D eigenvalue weighted by Gasteiger charge is 2.27. The van der Waals surface area contributed by atoms with Crippen LogP contribution in [0, 0.1) is 0 Å². The summed E-state index contributed by atoms with van der Waals surface area (Å²) in [6.07, 6.45) is -2.80. The number of aliphatic hydroxyl groups is 1. The number of carbonyl (C=O) groups excluding carboxylic acids is 1. The van der Waals surface area contributed by atoms with E-state index >= 15 is 0 Å². The van der Waals surface area contributed by atoms with Gasteiger partial charge in [-0.05, 0) is 6.42 Å². The standard InChI is InChI=1S/C7H12F2N2O2/c8-6(9)3-11-7(13)5-1-4(12)2-10-5/h4-6,10,12H,1-3H2,(H,11,13)/t4-,5+/m0/s1. The summed E-state index contributed by atoms with van der Waals surface area (Å²) in [6.45, 7) is -0.292. The van der Waals surface area contributed by atoms with Gasteiger partial charge >= 0.3 is 0 Å². The maximum Gasteiger partial charge on any atom is 0.255 e. The number of rotatable bonds is 3. The molecule has 0 spiro atoms. The number of halogens is 2. The van der Waals surface area contributed by atoms with Crippen molar-refractivity contribution in [3.63, 3.8) is 0 Å². The molecule has 4 nitrogen and oxygen atoms in total. The molecule has 0 radical (unpaired) electrons. The highest BCUT2D eigenvalue weighted by atomic mass is 19.3. The van der Waals surface area contributed by atoms with Crippen molar-refractivity contribution in [2.24, 2.45) is 0 Å². The predicted octanol–water partition coefficient (Wildman–Crippen LogP) is -0.910. The molecule has 1 fully saturated rings. The molecule has 1 aliphatic heterocycles. The van der Waals surface area contributed by atoms with Gasteiger partial charge in [0.15, 0.2) is 0 Å². The Labute approximate surface area is 74.3 Å². The van der Waals surface area contributed by atoms with Crippen LogP contribution in [0.2, 0.25) is 0 Å². The van der Waals surface area contributed by atoms with Crippen molar-refractivity contribution < 1.29 is 18.7 Å². The van der Waals surface area contributed by atoms with Crippen LogP contribution in [0.4, 0.5) is 8.78 Å². The third-order valence-electron chi connectivity index (χ3n) is 1.85. The Bertz CT molecular complexity index is 189. The molecular weight excluding hydrogens is 182 g/mol. The molecule has 0 unspecified atom stereocenters. The van der Waals surface area contributed by atoms with E-state index in [4.69, 9.17) is 5.11 Å². The number of hydrogen-bond acceptors (Lipinski definition) is 3. The fourth-order valence-corrected chi connectivity index (χ4v) is 1.22. The van der Waals surface area contributed by atoms with E-state index in [2.05, 4.69) is 10.6 Å². The Kier molecular flexibility index (Phi) is 3.56. The largest absolute Gasteiger partial charge is 0.392 e. The van der Waals surface area contributed by atoms with Gasteiger partial charge in [-0.1, -0.05) is 0 Å². The summed E-state index contributed by atoms with van der Waals surface area (Å²) in [6, 6.07) is -0.534. The summed E-state index contributed by atoms with van der Waals surface area (Å²) in [5.74, 6) is -0.475. The Balaban J connectivity index is 2.24. The first kappa shape index (κ1) is 10.3. The lowest BCUT2D eigenvalue weighted by Gasteiger charge is -2.09. The van der Waals surface area contributed by atoms with Crippen molar-refractivity contribution in [1.29, 1.82) is 0 Å². The molecule has 13 heavy (non-hydrogen) atoms. The molecule has 0 saturated carbocycles. The van der Waals surface area contributed by atoms with E-state index in [9.17, 15) is 13.6 Å². The molecule has 0 aromatic heterocycles. The first-order valence-electron chi connectivity index (χ1n) is 4.07. The molecule has 0 bridgehead atoms. The van der Waals surface area contributed by atoms with Crippen molar-refractivity contribution in [3.8, 4) is 0 Å². The van der Waals surface area contributed by atoms with E-state index in [0.29, 0.717) is 6.54 Å². The van der Waals surface area contributed by atoms with Gasteiger partial charge in [-0.25, -0.2) is 8.78 Å². The van der Waals surface area contributed by atoms with Crippen LogP contribution in [0.3, 0.4) is 0 Å². The highest BCUT2D eigenvalue weighted by molar-refractivity contribution is 5.82. The highest BCUT2D eigenvalue weighted by Crippen LogP contribution is 2.05. The molecule has 6 heteroatoms. The molecule has 0 aliphatic carbocycles. The van der Waals surface area contributed by atoms with Gasteiger partial charge in [0.2, 0.25) is 5.91 Å². The lowest BCUT2D eigenvalue weighted by Crippen LogP contribution is -2.42. The number of nitrogens with one attached hydrogen (secondary N) is 2. The Morgan fingerprint density at radius 2 is 2.38 bits per heavy atom. The Morgan fingerprint density at radius 1 is 1.69 bits per heavy atom. The number of alkyl halides is 2. The molecule has 0 aromatic rings. The zero-order valence-electron chi connectivity index (χ0n) is 6.96. The average molecular weight is 194 g/mol. The van der Waals surface area contributed by atoms with E-state index < -0.39 is 31.0 Å². The SMILES string of the molecule is O=C(NCC(F)F)[C@H]1C[C@H](O)CN1. The lowest BCUT2D eigenvalue weighted by molar-refractivity contribution is -0.123. The van der Waals surface area contributed by atoms with Crippen LogP contribution in [0.5, 0.6) is 0 Å². The fourth-order valence-electron chi connectivity index (χ4n) is 1.22. The van der Waals surface area contributed by atoms with Crippen LogP contribution < -0.4 is 10.6 Å². The summed E-state index contributed by atoms with van der Waals surface area (Å²) >= 11 is 0. The molecule has 1 amide bonds. The average Bonchev–Trinajstić information content (AvgIpc) is 2.47. The number of aliphatic hydroxyl groups excluding tert-OH is 1. The summed E-state index contributed by atoms with van der Waals surface area (Å²) in [4.78, 5) is 11.1. The monoisotopic (exact) mass is 194 g/mol. The van der Waals surface area contributed by atoms with E-state index in [0.717, 1.165) is 0 Å². The third kappa shape index (κ3) is 3.23. The summed E-state index contributed by atoms with van der Waals surface area (Å²) < 4.78 is 23.3. The van der Waals surface area contributed by atoms with Gasteiger partial charge in [0.25, 0.3) is 6.43 Å². The van der Waals surface area contributed by atoms with Crippen LogP contribution in [-0.2, 0) is 4.79 Å². The molecule has 2 atom stereocenters. The topological polar surface area (TPSA) is 61.4 Å². The van der Waals surface area contributed by atoms with Gasteiger partial charge in [-0.15, -0.1) is 0 Å². The molecule has 3 N–H and O–H groups in total. The van der Waals surface area contributed by atoms with E-state index in [1.54, 1.807) is 0 Å². The maximum absolute atomic E-state index is 11.7. The Morgan fingerprint density at radius 3 is 2.85 bits per heavy atom. The molecule has 0 aromatic carbocycles. The second kappa shape index (κ2) is 4.48. The van der Waals surface area contributed by atoms with Crippen LogP contribution in [0.25, 0.3) is 0 Å². The zero-order chi connectivity index (χ0) is 9.84. The predicted molar refractivity (Wildman–Crippen MR) is 41.4 cm³/mol. The van der Waals surface area contributed by atoms with E-state index in [-0.39, 0.29) is 6.42 Å². The molecule has 1 aliphatic rings. The van der Waals surface area contributed by atoms with Gasteiger partial charge < -0.3 is 15.7 Å². The summed E-state index contributed by atoms with van der Waals surface area (Å²) in [7, 11) is 0. The van der Waals surface area contributed by atoms with Crippen molar-refractivity contribution in [2.45, 2.75) is 25.0 Å². The number of carbonyl (C=O) groups is 1. The van der Waals surface area contributed by atoms with Crippen LogP contribution in [0.1, 0.15) is 6.42 Å². The molecule has 1 heterocycles. The van der Waals surface area contributed by atoms with Crippen molar-refractivity contribution in [3.05, 3.63) is 0 Å². The van der Waals surface area contributed by atoms with Crippen molar-refractivity contribution >= 4 is 5.91 Å².